The molecule has 33 heavy (non-hydrogen) atoms. The van der Waals surface area contributed by atoms with Gasteiger partial charge in [0.2, 0.25) is 5.91 Å². The molecule has 8 nitrogen and oxygen atoms in total. The van der Waals surface area contributed by atoms with Crippen LogP contribution >= 0.6 is 0 Å². The molecule has 3 rings (SSSR count). The van der Waals surface area contributed by atoms with Gasteiger partial charge in [0.05, 0.1) is 6.61 Å². The van der Waals surface area contributed by atoms with Crippen LogP contribution in [0, 0.1) is 0 Å². The minimum Gasteiger partial charge on any atom is -0.479 e. The lowest BCUT2D eigenvalue weighted by Crippen LogP contribution is -2.64. The monoisotopic (exact) mass is 454 g/mol. The summed E-state index contributed by atoms with van der Waals surface area (Å²) < 4.78 is 10.5. The third-order valence-corrected chi connectivity index (χ3v) is 6.08. The fourth-order valence-electron chi connectivity index (χ4n) is 4.06. The molecule has 0 aliphatic heterocycles. The molecule has 2 aromatic rings. The molecular weight excluding hydrogens is 424 g/mol. The first kappa shape index (κ1) is 24.3. The minimum atomic E-state index is -1.59. The highest BCUT2D eigenvalue weighted by Gasteiger charge is 2.42. The maximum absolute atomic E-state index is 12.8. The van der Waals surface area contributed by atoms with E-state index in [1.807, 2.05) is 48.5 Å². The van der Waals surface area contributed by atoms with Crippen molar-refractivity contribution in [1.82, 2.24) is 10.6 Å². The summed E-state index contributed by atoms with van der Waals surface area (Å²) in [6, 6.07) is 16.0. The molecule has 0 bridgehead atoms. The van der Waals surface area contributed by atoms with Crippen molar-refractivity contribution < 1.29 is 29.0 Å². The van der Waals surface area contributed by atoms with Gasteiger partial charge in [-0.1, -0.05) is 55.5 Å². The number of rotatable bonds is 9. The average Bonchev–Trinajstić information content (AvgIpc) is 3.10. The van der Waals surface area contributed by atoms with E-state index < -0.39 is 29.0 Å². The zero-order valence-corrected chi connectivity index (χ0v) is 19.3. The Labute approximate surface area is 193 Å². The van der Waals surface area contributed by atoms with E-state index in [-0.39, 0.29) is 25.6 Å². The summed E-state index contributed by atoms with van der Waals surface area (Å²) in [6.45, 7) is 4.51. The highest BCUT2D eigenvalue weighted by molar-refractivity contribution is 5.93. The van der Waals surface area contributed by atoms with Crippen molar-refractivity contribution in [2.24, 2.45) is 0 Å². The van der Waals surface area contributed by atoms with Gasteiger partial charge >= 0.3 is 12.1 Å². The molecule has 0 radical (unpaired) electrons. The number of methoxy groups -OCH3 is 1. The molecule has 1 aliphatic carbocycles. The maximum atomic E-state index is 12.8. The van der Waals surface area contributed by atoms with Crippen LogP contribution in [0.1, 0.15) is 44.2 Å². The molecule has 0 aromatic heterocycles. The topological polar surface area (TPSA) is 114 Å². The third-order valence-electron chi connectivity index (χ3n) is 6.08. The lowest BCUT2D eigenvalue weighted by Gasteiger charge is -2.33. The van der Waals surface area contributed by atoms with Crippen molar-refractivity contribution in [2.45, 2.75) is 44.2 Å². The molecule has 1 aliphatic rings. The lowest BCUT2D eigenvalue weighted by molar-refractivity contribution is -0.151. The second-order valence-corrected chi connectivity index (χ2v) is 8.70. The Hall–Kier alpha value is -3.39. The van der Waals surface area contributed by atoms with E-state index >= 15 is 0 Å². The second kappa shape index (κ2) is 9.62. The molecule has 0 fully saturated rings. The van der Waals surface area contributed by atoms with Gasteiger partial charge < -0.3 is 25.2 Å². The summed E-state index contributed by atoms with van der Waals surface area (Å²) >= 11 is 0. The molecule has 0 heterocycles. The van der Waals surface area contributed by atoms with Crippen LogP contribution in [0.5, 0.6) is 0 Å². The van der Waals surface area contributed by atoms with Crippen LogP contribution in [0.4, 0.5) is 4.79 Å². The van der Waals surface area contributed by atoms with Crippen molar-refractivity contribution in [1.29, 1.82) is 0 Å². The molecular formula is C25H30N2O6. The van der Waals surface area contributed by atoms with Gasteiger partial charge in [-0.2, -0.15) is 0 Å². The Kier molecular flexibility index (Phi) is 7.07. The number of ether oxygens (including phenoxy) is 2. The number of hydrogen-bond acceptors (Lipinski definition) is 5. The summed E-state index contributed by atoms with van der Waals surface area (Å²) in [5.74, 6) is -1.98. The van der Waals surface area contributed by atoms with E-state index in [1.165, 1.54) is 21.0 Å². The Morgan fingerprint density at radius 1 is 0.970 bits per heavy atom. The van der Waals surface area contributed by atoms with Crippen LogP contribution < -0.4 is 10.6 Å². The van der Waals surface area contributed by atoms with Gasteiger partial charge in [0.1, 0.15) is 12.1 Å². The molecule has 1 atom stereocenters. The van der Waals surface area contributed by atoms with Crippen LogP contribution in [-0.2, 0) is 19.1 Å². The normalized spacial score (nSPS) is 14.5. The first-order valence-corrected chi connectivity index (χ1v) is 10.8. The Bertz CT molecular complexity index is 1010. The molecule has 0 saturated carbocycles. The molecule has 2 aromatic carbocycles. The fourth-order valence-corrected chi connectivity index (χ4v) is 4.06. The zero-order valence-electron chi connectivity index (χ0n) is 19.3. The lowest BCUT2D eigenvalue weighted by atomic mass is 9.94. The van der Waals surface area contributed by atoms with Crippen molar-refractivity contribution in [2.75, 3.05) is 20.3 Å². The fraction of sp³-hybridized carbons (Fsp3) is 0.400. The predicted octanol–water partition coefficient (Wildman–Crippen LogP) is 3.30. The summed E-state index contributed by atoms with van der Waals surface area (Å²) in [5, 5.41) is 14.7. The van der Waals surface area contributed by atoms with Crippen molar-refractivity contribution in [3.8, 4) is 11.1 Å². The van der Waals surface area contributed by atoms with Crippen LogP contribution in [-0.4, -0.2) is 54.5 Å². The van der Waals surface area contributed by atoms with Gasteiger partial charge in [-0.15, -0.1) is 0 Å². The summed E-state index contributed by atoms with van der Waals surface area (Å²) in [5.41, 5.74) is 1.39. The van der Waals surface area contributed by atoms with Crippen molar-refractivity contribution in [3.63, 3.8) is 0 Å². The van der Waals surface area contributed by atoms with Crippen LogP contribution in [0.3, 0.4) is 0 Å². The summed E-state index contributed by atoms with van der Waals surface area (Å²) in [6.07, 6.45) is -0.649. The molecule has 8 heteroatoms. The van der Waals surface area contributed by atoms with Crippen molar-refractivity contribution in [3.05, 3.63) is 59.7 Å². The first-order chi connectivity index (χ1) is 15.6. The SMILES string of the molecule is CCC(COC)(NC(=O)C(C)(C)NC(=O)OCC1c2ccccc2-c2ccccc21)C(=O)O. The van der Waals surface area contributed by atoms with E-state index in [0.717, 1.165) is 22.3 Å². The van der Waals surface area contributed by atoms with Gasteiger partial charge in [0, 0.05) is 13.0 Å². The van der Waals surface area contributed by atoms with Gasteiger partial charge in [0.15, 0.2) is 5.54 Å². The number of carbonyl (C=O) groups is 3. The Morgan fingerprint density at radius 2 is 1.52 bits per heavy atom. The Morgan fingerprint density at radius 3 is 2.00 bits per heavy atom. The highest BCUT2D eigenvalue weighted by Crippen LogP contribution is 2.44. The minimum absolute atomic E-state index is 0.106. The summed E-state index contributed by atoms with van der Waals surface area (Å²) in [7, 11) is 1.36. The predicted molar refractivity (Wildman–Crippen MR) is 123 cm³/mol. The maximum Gasteiger partial charge on any atom is 0.408 e. The summed E-state index contributed by atoms with van der Waals surface area (Å²) in [4.78, 5) is 37.2. The standard InChI is InChI=1S/C25H30N2O6/c1-5-25(15-32-4,22(29)30)26-21(28)24(2,3)27-23(31)33-14-20-18-12-8-6-10-16(18)17-11-7-9-13-19(17)20/h6-13,20H,5,14-15H2,1-4H3,(H,26,28)(H,27,31)(H,29,30). The zero-order chi connectivity index (χ0) is 24.2. The van der Waals surface area contributed by atoms with Crippen LogP contribution in [0.2, 0.25) is 0 Å². The third kappa shape index (κ3) is 4.85. The largest absolute Gasteiger partial charge is 0.479 e. The molecule has 3 N–H and O–H groups in total. The molecule has 0 spiro atoms. The van der Waals surface area contributed by atoms with Crippen LogP contribution in [0.25, 0.3) is 11.1 Å². The second-order valence-electron chi connectivity index (χ2n) is 8.70. The van der Waals surface area contributed by atoms with E-state index in [4.69, 9.17) is 9.47 Å². The smallest absolute Gasteiger partial charge is 0.408 e. The number of nitrogens with one attached hydrogen (secondary N) is 2. The van der Waals surface area contributed by atoms with Gasteiger partial charge in [0.25, 0.3) is 0 Å². The van der Waals surface area contributed by atoms with E-state index in [1.54, 1.807) is 6.92 Å². The van der Waals surface area contributed by atoms with Crippen LogP contribution in [0.15, 0.2) is 48.5 Å². The van der Waals surface area contributed by atoms with Crippen molar-refractivity contribution >= 4 is 18.0 Å². The molecule has 2 amide bonds. The molecule has 176 valence electrons. The number of benzene rings is 2. The number of hydrogen-bond donors (Lipinski definition) is 3. The molecule has 0 saturated heterocycles. The van der Waals surface area contributed by atoms with E-state index in [9.17, 15) is 19.5 Å². The number of amides is 2. The van der Waals surface area contributed by atoms with E-state index in [0.29, 0.717) is 0 Å². The van der Waals surface area contributed by atoms with Gasteiger partial charge in [-0.25, -0.2) is 9.59 Å². The van der Waals surface area contributed by atoms with Gasteiger partial charge in [-0.3, -0.25) is 4.79 Å². The number of fused-ring (bicyclic) bond motifs is 3. The molecule has 1 unspecified atom stereocenters. The number of aliphatic carboxylic acids is 1. The Balaban J connectivity index is 1.67. The van der Waals surface area contributed by atoms with E-state index in [2.05, 4.69) is 10.6 Å². The number of carbonyl (C=O) groups excluding carboxylic acids is 2. The number of alkyl carbamates (subject to hydrolysis) is 1. The number of carboxylic acids is 1. The quantitative estimate of drug-likeness (QED) is 0.536. The number of carboxylic acid groups (broad SMARTS) is 1. The highest BCUT2D eigenvalue weighted by atomic mass is 16.5. The van der Waals surface area contributed by atoms with Gasteiger partial charge in [-0.05, 0) is 42.5 Å². The average molecular weight is 455 g/mol. The first-order valence-electron chi connectivity index (χ1n) is 10.8.